The van der Waals surface area contributed by atoms with E-state index in [1.807, 2.05) is 26.8 Å². The van der Waals surface area contributed by atoms with Gasteiger partial charge < -0.3 is 10.5 Å². The van der Waals surface area contributed by atoms with Crippen LogP contribution in [0.25, 0.3) is 0 Å². The van der Waals surface area contributed by atoms with Crippen LogP contribution in [0.5, 0.6) is 0 Å². The fourth-order valence-corrected chi connectivity index (χ4v) is 2.44. The maximum atomic E-state index is 11.0. The van der Waals surface area contributed by atoms with Gasteiger partial charge in [0.25, 0.3) is 0 Å². The average molecular weight is 296 g/mol. The monoisotopic (exact) mass is 295 g/mol. The minimum absolute atomic E-state index is 0.282. The summed E-state index contributed by atoms with van der Waals surface area (Å²) in [6.07, 6.45) is 0. The van der Waals surface area contributed by atoms with Crippen molar-refractivity contribution in [3.8, 4) is 0 Å². The van der Waals surface area contributed by atoms with Crippen LogP contribution in [-0.4, -0.2) is 20.1 Å². The van der Waals surface area contributed by atoms with Gasteiger partial charge in [-0.3, -0.25) is 0 Å². The van der Waals surface area contributed by atoms with Gasteiger partial charge in [0.2, 0.25) is 0 Å². The van der Waals surface area contributed by atoms with E-state index in [0.29, 0.717) is 4.88 Å². The molecule has 0 amide bonds. The molecule has 0 aliphatic rings. The van der Waals surface area contributed by atoms with E-state index in [9.17, 15) is 4.79 Å². The number of halogens is 1. The zero-order valence-electron chi connectivity index (χ0n) is 9.76. The summed E-state index contributed by atoms with van der Waals surface area (Å²) < 4.78 is 5.38. The molecule has 0 spiro atoms. The van der Waals surface area contributed by atoms with Crippen LogP contribution in [-0.2, 0) is 4.74 Å². The fraction of sp³-hybridized carbons (Fsp3) is 0.500. The number of hydrogen-bond acceptors (Lipinski definition) is 4. The summed E-state index contributed by atoms with van der Waals surface area (Å²) in [6, 6.07) is 1.90. The lowest BCUT2D eigenvalue weighted by molar-refractivity contribution is 0.0605. The van der Waals surface area contributed by atoms with Crippen molar-refractivity contribution in [1.29, 1.82) is 0 Å². The molecule has 5 heteroatoms. The van der Waals surface area contributed by atoms with E-state index < -0.39 is 0 Å². The number of thiophene rings is 1. The molecule has 3 nitrogen and oxygen atoms in total. The SMILES string of the molecule is CC.CN.COC(=O)c1sc(C)cc1Br. The van der Waals surface area contributed by atoms with E-state index in [-0.39, 0.29) is 5.97 Å². The van der Waals surface area contributed by atoms with Gasteiger partial charge in [-0.05, 0) is 36.0 Å². The second kappa shape index (κ2) is 10.1. The highest BCUT2D eigenvalue weighted by Gasteiger charge is 2.12. The third-order valence-corrected chi connectivity index (χ3v) is 3.10. The van der Waals surface area contributed by atoms with E-state index >= 15 is 0 Å². The third kappa shape index (κ3) is 5.92. The molecule has 1 aromatic heterocycles. The van der Waals surface area contributed by atoms with Crippen LogP contribution < -0.4 is 5.73 Å². The van der Waals surface area contributed by atoms with E-state index in [4.69, 9.17) is 0 Å². The first kappa shape index (κ1) is 17.0. The van der Waals surface area contributed by atoms with Gasteiger partial charge in [-0.15, -0.1) is 11.3 Å². The van der Waals surface area contributed by atoms with Crippen molar-refractivity contribution < 1.29 is 9.53 Å². The number of aryl methyl sites for hydroxylation is 1. The highest BCUT2D eigenvalue weighted by molar-refractivity contribution is 9.10. The Hall–Kier alpha value is -0.390. The van der Waals surface area contributed by atoms with Crippen LogP contribution in [0.1, 0.15) is 28.4 Å². The van der Waals surface area contributed by atoms with Gasteiger partial charge in [0.05, 0.1) is 7.11 Å². The topological polar surface area (TPSA) is 52.3 Å². The minimum Gasteiger partial charge on any atom is -0.465 e. The molecule has 1 aromatic rings. The molecule has 0 saturated carbocycles. The second-order valence-electron chi connectivity index (χ2n) is 2.03. The van der Waals surface area contributed by atoms with Gasteiger partial charge in [0.15, 0.2) is 0 Å². The second-order valence-corrected chi connectivity index (χ2v) is 4.14. The summed E-state index contributed by atoms with van der Waals surface area (Å²) >= 11 is 4.69. The molecular formula is C10H18BrNO2S. The summed E-state index contributed by atoms with van der Waals surface area (Å²) in [5, 5.41) is 0. The Morgan fingerprint density at radius 2 is 1.93 bits per heavy atom. The molecule has 0 atom stereocenters. The number of carbonyl (C=O) groups is 1. The van der Waals surface area contributed by atoms with Gasteiger partial charge in [0.1, 0.15) is 4.88 Å². The third-order valence-electron chi connectivity index (χ3n) is 1.18. The van der Waals surface area contributed by atoms with Crippen LogP contribution in [0.4, 0.5) is 0 Å². The van der Waals surface area contributed by atoms with E-state index in [0.717, 1.165) is 9.35 Å². The van der Waals surface area contributed by atoms with Crippen molar-refractivity contribution in [2.75, 3.05) is 14.2 Å². The Morgan fingerprint density at radius 1 is 1.47 bits per heavy atom. The highest BCUT2D eigenvalue weighted by atomic mass is 79.9. The molecule has 1 heterocycles. The van der Waals surface area contributed by atoms with E-state index in [2.05, 4.69) is 26.4 Å². The highest BCUT2D eigenvalue weighted by Crippen LogP contribution is 2.27. The molecule has 0 aliphatic carbocycles. The lowest BCUT2D eigenvalue weighted by atomic mass is 10.4. The summed E-state index contributed by atoms with van der Waals surface area (Å²) in [5.74, 6) is -0.282. The van der Waals surface area contributed by atoms with Crippen molar-refractivity contribution in [2.45, 2.75) is 20.8 Å². The number of rotatable bonds is 1. The quantitative estimate of drug-likeness (QED) is 0.810. The molecular weight excluding hydrogens is 278 g/mol. The van der Waals surface area contributed by atoms with Crippen LogP contribution in [0, 0.1) is 6.92 Å². The first-order valence-electron chi connectivity index (χ1n) is 4.57. The Balaban J connectivity index is 0. The standard InChI is InChI=1S/C7H7BrO2S.C2H6.CH5N/c1-4-3-5(8)6(11-4)7(9)10-2;2*1-2/h3H,1-2H3;1-2H3;2H2,1H3. The van der Waals surface area contributed by atoms with E-state index in [1.165, 1.54) is 25.5 Å². The van der Waals surface area contributed by atoms with Gasteiger partial charge in [-0.25, -0.2) is 4.79 Å². The molecule has 15 heavy (non-hydrogen) atoms. The molecule has 2 N–H and O–H groups in total. The number of esters is 1. The zero-order chi connectivity index (χ0) is 12.4. The number of methoxy groups -OCH3 is 1. The van der Waals surface area contributed by atoms with Crippen molar-refractivity contribution in [2.24, 2.45) is 5.73 Å². The average Bonchev–Trinajstić information content (AvgIpc) is 2.62. The summed E-state index contributed by atoms with van der Waals surface area (Å²) in [4.78, 5) is 12.7. The van der Waals surface area contributed by atoms with Crippen LogP contribution >= 0.6 is 27.3 Å². The van der Waals surface area contributed by atoms with E-state index in [1.54, 1.807) is 0 Å². The zero-order valence-corrected chi connectivity index (χ0v) is 12.2. The first-order valence-corrected chi connectivity index (χ1v) is 6.18. The smallest absolute Gasteiger partial charge is 0.349 e. The van der Waals surface area contributed by atoms with Crippen LogP contribution in [0.2, 0.25) is 0 Å². The van der Waals surface area contributed by atoms with Crippen LogP contribution in [0.3, 0.4) is 0 Å². The van der Waals surface area contributed by atoms with Crippen molar-refractivity contribution in [3.63, 3.8) is 0 Å². The summed E-state index contributed by atoms with van der Waals surface area (Å²) in [6.45, 7) is 5.95. The van der Waals surface area contributed by atoms with Gasteiger partial charge in [-0.1, -0.05) is 13.8 Å². The predicted molar refractivity (Wildman–Crippen MR) is 69.6 cm³/mol. The molecule has 0 aromatic carbocycles. The fourth-order valence-electron chi connectivity index (χ4n) is 0.715. The van der Waals surface area contributed by atoms with Crippen molar-refractivity contribution >= 4 is 33.2 Å². The molecule has 0 saturated heterocycles. The number of carbonyl (C=O) groups excluding carboxylic acids is 1. The minimum atomic E-state index is -0.282. The van der Waals surface area contributed by atoms with Gasteiger partial charge in [0, 0.05) is 9.35 Å². The summed E-state index contributed by atoms with van der Waals surface area (Å²) in [5.41, 5.74) is 4.50. The molecule has 0 fully saturated rings. The largest absolute Gasteiger partial charge is 0.465 e. The molecule has 0 radical (unpaired) electrons. The molecule has 1 rings (SSSR count). The maximum Gasteiger partial charge on any atom is 0.349 e. The predicted octanol–water partition coefficient (Wildman–Crippen LogP) is 3.21. The van der Waals surface area contributed by atoms with Crippen molar-refractivity contribution in [3.05, 3.63) is 20.3 Å². The Labute approximate surface area is 104 Å². The van der Waals surface area contributed by atoms with Crippen molar-refractivity contribution in [1.82, 2.24) is 0 Å². The number of nitrogens with two attached hydrogens (primary N) is 1. The summed E-state index contributed by atoms with van der Waals surface area (Å²) in [7, 11) is 2.88. The first-order chi connectivity index (χ1) is 7.15. The normalized spacial score (nSPS) is 7.93. The Morgan fingerprint density at radius 3 is 2.20 bits per heavy atom. The Kier molecular flexibility index (Phi) is 11.5. The van der Waals surface area contributed by atoms with Gasteiger partial charge in [-0.2, -0.15) is 0 Å². The maximum absolute atomic E-state index is 11.0. The molecule has 0 aliphatic heterocycles. The molecule has 0 bridgehead atoms. The lowest BCUT2D eigenvalue weighted by Crippen LogP contribution is -1.97. The molecule has 0 unspecified atom stereocenters. The number of ether oxygens (including phenoxy) is 1. The lowest BCUT2D eigenvalue weighted by Gasteiger charge is -1.93. The van der Waals surface area contributed by atoms with Gasteiger partial charge >= 0.3 is 5.97 Å². The van der Waals surface area contributed by atoms with Crippen LogP contribution in [0.15, 0.2) is 10.5 Å². The molecule has 88 valence electrons. The Bertz CT molecular complexity index is 287. The number of hydrogen-bond donors (Lipinski definition) is 1.